The molecule has 0 aliphatic carbocycles. The molecule has 1 saturated heterocycles. The minimum atomic E-state index is -0.295. The second-order valence-corrected chi connectivity index (χ2v) is 7.15. The van der Waals surface area contributed by atoms with Gasteiger partial charge in [0.25, 0.3) is 0 Å². The predicted octanol–water partition coefficient (Wildman–Crippen LogP) is 4.00. The monoisotopic (exact) mass is 368 g/mol. The Balaban J connectivity index is 1.68. The molecule has 1 N–H and O–H groups in total. The van der Waals surface area contributed by atoms with Gasteiger partial charge in [-0.1, -0.05) is 42.5 Å². The lowest BCUT2D eigenvalue weighted by molar-refractivity contribution is -0.137. The number of carbonyl (C=O) groups excluding carboxylic acids is 2. The molecule has 0 spiro atoms. The standard InChI is InChI=1S/C22H25FN2O2/c1-15(17-6-4-3-5-7-17)24-22(27)19-10-13-21(25(14-19)16(2)26)18-8-11-20(23)12-9-18/h3-9,11-12,15,19,21H,10,13-14H2,1-2H3,(H,24,27)/t15-,19-,21-/m1/s1. The van der Waals surface area contributed by atoms with Gasteiger partial charge < -0.3 is 10.2 Å². The molecule has 1 heterocycles. The molecular formula is C22H25FN2O2. The highest BCUT2D eigenvalue weighted by Gasteiger charge is 2.34. The van der Waals surface area contributed by atoms with Crippen molar-refractivity contribution in [3.63, 3.8) is 0 Å². The van der Waals surface area contributed by atoms with Crippen molar-refractivity contribution in [2.75, 3.05) is 6.54 Å². The summed E-state index contributed by atoms with van der Waals surface area (Å²) in [7, 11) is 0. The summed E-state index contributed by atoms with van der Waals surface area (Å²) in [5.41, 5.74) is 1.96. The van der Waals surface area contributed by atoms with Crippen LogP contribution in [-0.2, 0) is 9.59 Å². The van der Waals surface area contributed by atoms with E-state index in [0.29, 0.717) is 19.4 Å². The van der Waals surface area contributed by atoms with Crippen molar-refractivity contribution in [2.45, 2.75) is 38.8 Å². The Kier molecular flexibility index (Phi) is 5.89. The van der Waals surface area contributed by atoms with Gasteiger partial charge in [-0.2, -0.15) is 0 Å². The molecule has 2 aromatic rings. The molecule has 142 valence electrons. The minimum absolute atomic E-state index is 0.0323. The van der Waals surface area contributed by atoms with Crippen LogP contribution in [0.5, 0.6) is 0 Å². The molecule has 0 saturated carbocycles. The number of halogens is 1. The lowest BCUT2D eigenvalue weighted by atomic mass is 9.88. The van der Waals surface area contributed by atoms with Crippen LogP contribution >= 0.6 is 0 Å². The third-order valence-electron chi connectivity index (χ3n) is 5.27. The zero-order valence-electron chi connectivity index (χ0n) is 15.7. The highest BCUT2D eigenvalue weighted by atomic mass is 19.1. The van der Waals surface area contributed by atoms with Crippen LogP contribution in [0.1, 0.15) is 49.9 Å². The number of likely N-dealkylation sites (tertiary alicyclic amines) is 1. The van der Waals surface area contributed by atoms with Gasteiger partial charge in [0, 0.05) is 13.5 Å². The Bertz CT molecular complexity index is 792. The fraction of sp³-hybridized carbons (Fsp3) is 0.364. The number of hydrogen-bond acceptors (Lipinski definition) is 2. The fourth-order valence-corrected chi connectivity index (χ4v) is 3.72. The summed E-state index contributed by atoms with van der Waals surface area (Å²) in [6.07, 6.45) is 1.38. The first kappa shape index (κ1) is 19.1. The van der Waals surface area contributed by atoms with Crippen LogP contribution < -0.4 is 5.32 Å². The van der Waals surface area contributed by atoms with E-state index in [1.165, 1.54) is 19.1 Å². The summed E-state index contributed by atoms with van der Waals surface area (Å²) in [6.45, 7) is 3.86. The zero-order chi connectivity index (χ0) is 19.4. The van der Waals surface area contributed by atoms with Crippen molar-refractivity contribution in [1.82, 2.24) is 10.2 Å². The Morgan fingerprint density at radius 2 is 1.74 bits per heavy atom. The largest absolute Gasteiger partial charge is 0.349 e. The van der Waals surface area contributed by atoms with Crippen molar-refractivity contribution in [3.05, 3.63) is 71.5 Å². The Labute approximate surface area is 159 Å². The molecule has 2 aromatic carbocycles. The zero-order valence-corrected chi connectivity index (χ0v) is 15.7. The molecule has 0 unspecified atom stereocenters. The predicted molar refractivity (Wildman–Crippen MR) is 102 cm³/mol. The molecule has 0 radical (unpaired) electrons. The maximum absolute atomic E-state index is 13.2. The number of nitrogens with one attached hydrogen (secondary N) is 1. The molecule has 27 heavy (non-hydrogen) atoms. The van der Waals surface area contributed by atoms with E-state index in [1.807, 2.05) is 37.3 Å². The van der Waals surface area contributed by atoms with Crippen molar-refractivity contribution < 1.29 is 14.0 Å². The summed E-state index contributed by atoms with van der Waals surface area (Å²) in [4.78, 5) is 26.7. The van der Waals surface area contributed by atoms with E-state index in [4.69, 9.17) is 0 Å². The molecule has 5 heteroatoms. The van der Waals surface area contributed by atoms with Crippen molar-refractivity contribution in [3.8, 4) is 0 Å². The average Bonchev–Trinajstić information content (AvgIpc) is 2.68. The number of hydrogen-bond donors (Lipinski definition) is 1. The second kappa shape index (κ2) is 8.33. The lowest BCUT2D eigenvalue weighted by Gasteiger charge is -2.39. The van der Waals surface area contributed by atoms with Crippen LogP contribution in [-0.4, -0.2) is 23.3 Å². The summed E-state index contributed by atoms with van der Waals surface area (Å²) >= 11 is 0. The highest BCUT2D eigenvalue weighted by Crippen LogP contribution is 2.34. The molecule has 1 aliphatic heterocycles. The molecule has 3 atom stereocenters. The fourth-order valence-electron chi connectivity index (χ4n) is 3.72. The Morgan fingerprint density at radius 1 is 1.07 bits per heavy atom. The number of piperidine rings is 1. The molecule has 1 aliphatic rings. The summed E-state index contributed by atoms with van der Waals surface area (Å²) in [5.74, 6) is -0.638. The summed E-state index contributed by atoms with van der Waals surface area (Å²) < 4.78 is 13.2. The molecule has 0 bridgehead atoms. The molecule has 2 amide bonds. The van der Waals surface area contributed by atoms with E-state index in [1.54, 1.807) is 17.0 Å². The third-order valence-corrected chi connectivity index (χ3v) is 5.27. The molecule has 0 aromatic heterocycles. The van der Waals surface area contributed by atoms with Crippen LogP contribution in [0.4, 0.5) is 4.39 Å². The van der Waals surface area contributed by atoms with E-state index in [2.05, 4.69) is 5.32 Å². The number of nitrogens with zero attached hydrogens (tertiary/aromatic N) is 1. The van der Waals surface area contributed by atoms with Crippen molar-refractivity contribution in [1.29, 1.82) is 0 Å². The van der Waals surface area contributed by atoms with Gasteiger partial charge in [-0.05, 0) is 43.0 Å². The topological polar surface area (TPSA) is 49.4 Å². The van der Waals surface area contributed by atoms with Crippen molar-refractivity contribution in [2.24, 2.45) is 5.92 Å². The first-order valence-electron chi connectivity index (χ1n) is 9.33. The van der Waals surface area contributed by atoms with Gasteiger partial charge in [-0.25, -0.2) is 4.39 Å². The van der Waals surface area contributed by atoms with Crippen LogP contribution in [0.25, 0.3) is 0 Å². The second-order valence-electron chi connectivity index (χ2n) is 7.15. The van der Waals surface area contributed by atoms with Crippen LogP contribution in [0, 0.1) is 11.7 Å². The van der Waals surface area contributed by atoms with Gasteiger partial charge in [0.2, 0.25) is 11.8 Å². The van der Waals surface area contributed by atoms with E-state index in [9.17, 15) is 14.0 Å². The summed E-state index contributed by atoms with van der Waals surface area (Å²) in [6, 6.07) is 15.9. The normalized spacial score (nSPS) is 20.8. The van der Waals surface area contributed by atoms with Gasteiger partial charge in [-0.15, -0.1) is 0 Å². The minimum Gasteiger partial charge on any atom is -0.349 e. The number of carbonyl (C=O) groups is 2. The van der Waals surface area contributed by atoms with Crippen molar-refractivity contribution >= 4 is 11.8 Å². The van der Waals surface area contributed by atoms with E-state index < -0.39 is 0 Å². The van der Waals surface area contributed by atoms with Crippen LogP contribution in [0.2, 0.25) is 0 Å². The molecular weight excluding hydrogens is 343 g/mol. The van der Waals surface area contributed by atoms with Gasteiger partial charge in [0.05, 0.1) is 18.0 Å². The van der Waals surface area contributed by atoms with Gasteiger partial charge in [-0.3, -0.25) is 9.59 Å². The number of amides is 2. The molecule has 4 nitrogen and oxygen atoms in total. The average molecular weight is 368 g/mol. The first-order valence-corrected chi connectivity index (χ1v) is 9.33. The first-order chi connectivity index (χ1) is 13.0. The van der Waals surface area contributed by atoms with Gasteiger partial charge >= 0.3 is 0 Å². The maximum atomic E-state index is 13.2. The van der Waals surface area contributed by atoms with Crippen LogP contribution in [0.15, 0.2) is 54.6 Å². The van der Waals surface area contributed by atoms with Gasteiger partial charge in [0.15, 0.2) is 0 Å². The van der Waals surface area contributed by atoms with Gasteiger partial charge in [0.1, 0.15) is 5.82 Å². The highest BCUT2D eigenvalue weighted by molar-refractivity contribution is 5.81. The molecule has 3 rings (SSSR count). The molecule has 1 fully saturated rings. The Hall–Kier alpha value is -2.69. The lowest BCUT2D eigenvalue weighted by Crippen LogP contribution is -2.46. The van der Waals surface area contributed by atoms with Crippen LogP contribution in [0.3, 0.4) is 0 Å². The smallest absolute Gasteiger partial charge is 0.225 e. The summed E-state index contributed by atoms with van der Waals surface area (Å²) in [5, 5.41) is 3.06. The van der Waals surface area contributed by atoms with E-state index in [-0.39, 0.29) is 35.6 Å². The van der Waals surface area contributed by atoms with E-state index >= 15 is 0 Å². The maximum Gasteiger partial charge on any atom is 0.225 e. The quantitative estimate of drug-likeness (QED) is 0.887. The van der Waals surface area contributed by atoms with E-state index in [0.717, 1.165) is 11.1 Å². The Morgan fingerprint density at radius 3 is 2.37 bits per heavy atom. The SMILES string of the molecule is CC(=O)N1C[C@H](C(=O)N[C@H](C)c2ccccc2)CC[C@@H]1c1ccc(F)cc1. The number of rotatable bonds is 4. The third kappa shape index (κ3) is 4.54. The number of benzene rings is 2.